The maximum atomic E-state index is 14.4. The third-order valence-electron chi connectivity index (χ3n) is 4.85. The number of benzene rings is 1. The summed E-state index contributed by atoms with van der Waals surface area (Å²) in [5, 5.41) is 0.0870. The summed E-state index contributed by atoms with van der Waals surface area (Å²) in [6, 6.07) is 3.54. The van der Waals surface area contributed by atoms with Crippen molar-refractivity contribution < 1.29 is 9.13 Å². The predicted octanol–water partition coefficient (Wildman–Crippen LogP) is 7.03. The molecule has 1 aliphatic carbocycles. The largest absolute Gasteiger partial charge is 0.495 e. The van der Waals surface area contributed by atoms with E-state index in [2.05, 4.69) is 13.0 Å². The summed E-state index contributed by atoms with van der Waals surface area (Å²) in [6.07, 6.45) is 13.4. The van der Waals surface area contributed by atoms with E-state index in [9.17, 15) is 4.39 Å². The Balaban J connectivity index is 1.90. The number of methoxy groups -OCH3 is 1. The highest BCUT2D eigenvalue weighted by atomic mass is 35.5. The molecule has 3 heteroatoms. The highest BCUT2D eigenvalue weighted by molar-refractivity contribution is 6.32. The Morgan fingerprint density at radius 3 is 2.65 bits per heavy atom. The first-order chi connectivity index (χ1) is 11.2. The lowest BCUT2D eigenvalue weighted by Gasteiger charge is -2.22. The van der Waals surface area contributed by atoms with E-state index in [1.165, 1.54) is 45.6 Å². The van der Waals surface area contributed by atoms with Crippen LogP contribution in [0.1, 0.15) is 70.3 Å². The molecule has 0 aliphatic heterocycles. The number of hydrogen-bond acceptors (Lipinski definition) is 1. The molecule has 0 amide bonds. The van der Waals surface area contributed by atoms with Gasteiger partial charge in [-0.2, -0.15) is 0 Å². The van der Waals surface area contributed by atoms with Gasteiger partial charge in [0, 0.05) is 5.56 Å². The zero-order valence-corrected chi connectivity index (χ0v) is 15.1. The summed E-state index contributed by atoms with van der Waals surface area (Å²) < 4.78 is 19.5. The first-order valence-electron chi connectivity index (χ1n) is 8.88. The number of allylic oxidation sites excluding steroid dienone is 2. The second-order valence-corrected chi connectivity index (χ2v) is 6.89. The SMILES string of the molecule is CCCCCCCC1CC=C(c2ccc(OC)c(Cl)c2F)CC1. The van der Waals surface area contributed by atoms with Crippen LogP contribution in [0.4, 0.5) is 4.39 Å². The maximum absolute atomic E-state index is 14.4. The Labute approximate surface area is 144 Å². The first kappa shape index (κ1) is 18.3. The summed E-state index contributed by atoms with van der Waals surface area (Å²) in [4.78, 5) is 0. The van der Waals surface area contributed by atoms with E-state index in [-0.39, 0.29) is 10.8 Å². The van der Waals surface area contributed by atoms with Gasteiger partial charge in [0.25, 0.3) is 0 Å². The smallest absolute Gasteiger partial charge is 0.153 e. The van der Waals surface area contributed by atoms with Gasteiger partial charge in [-0.05, 0) is 42.9 Å². The molecule has 1 unspecified atom stereocenters. The molecular formula is C20H28ClFO. The molecule has 1 aliphatic rings. The summed E-state index contributed by atoms with van der Waals surface area (Å²) in [5.74, 6) is 0.807. The van der Waals surface area contributed by atoms with Crippen LogP contribution in [0.25, 0.3) is 5.57 Å². The molecule has 0 aromatic heterocycles. The van der Waals surface area contributed by atoms with Crippen LogP contribution in [0.2, 0.25) is 5.02 Å². The summed E-state index contributed by atoms with van der Waals surface area (Å²) in [5.41, 5.74) is 1.73. The van der Waals surface area contributed by atoms with Gasteiger partial charge in [-0.25, -0.2) is 4.39 Å². The van der Waals surface area contributed by atoms with Crippen molar-refractivity contribution in [3.63, 3.8) is 0 Å². The van der Waals surface area contributed by atoms with Crippen molar-refractivity contribution in [3.8, 4) is 5.75 Å². The molecule has 0 N–H and O–H groups in total. The van der Waals surface area contributed by atoms with Gasteiger partial charge >= 0.3 is 0 Å². The molecular weight excluding hydrogens is 311 g/mol. The van der Waals surface area contributed by atoms with Gasteiger partial charge in [0.2, 0.25) is 0 Å². The van der Waals surface area contributed by atoms with E-state index in [4.69, 9.17) is 16.3 Å². The minimum absolute atomic E-state index is 0.0870. The Hall–Kier alpha value is -1.02. The Kier molecular flexibility index (Phi) is 7.42. The normalized spacial score (nSPS) is 17.9. The molecule has 0 saturated carbocycles. The van der Waals surface area contributed by atoms with Crippen molar-refractivity contribution in [1.29, 1.82) is 0 Å². The Morgan fingerprint density at radius 2 is 2.00 bits per heavy atom. The number of rotatable bonds is 8. The summed E-state index contributed by atoms with van der Waals surface area (Å²) in [7, 11) is 1.51. The molecule has 1 aromatic carbocycles. The fraction of sp³-hybridized carbons (Fsp3) is 0.600. The molecule has 0 radical (unpaired) electrons. The van der Waals surface area contributed by atoms with E-state index < -0.39 is 0 Å². The monoisotopic (exact) mass is 338 g/mol. The summed E-state index contributed by atoms with van der Waals surface area (Å²) >= 11 is 6.03. The van der Waals surface area contributed by atoms with Gasteiger partial charge in [-0.15, -0.1) is 0 Å². The van der Waals surface area contributed by atoms with Gasteiger partial charge in [0.05, 0.1) is 7.11 Å². The zero-order valence-electron chi connectivity index (χ0n) is 14.3. The Morgan fingerprint density at radius 1 is 1.22 bits per heavy atom. The average molecular weight is 339 g/mol. The van der Waals surface area contributed by atoms with Crippen LogP contribution in [0.15, 0.2) is 18.2 Å². The predicted molar refractivity (Wildman–Crippen MR) is 96.7 cm³/mol. The molecule has 0 bridgehead atoms. The highest BCUT2D eigenvalue weighted by Gasteiger charge is 2.19. The number of ether oxygens (including phenoxy) is 1. The van der Waals surface area contributed by atoms with Crippen LogP contribution in [0, 0.1) is 11.7 Å². The summed E-state index contributed by atoms with van der Waals surface area (Å²) in [6.45, 7) is 2.25. The lowest BCUT2D eigenvalue weighted by Crippen LogP contribution is -2.06. The van der Waals surface area contributed by atoms with E-state index in [0.717, 1.165) is 30.8 Å². The number of unbranched alkanes of at least 4 members (excludes halogenated alkanes) is 4. The van der Waals surface area contributed by atoms with Crippen molar-refractivity contribution >= 4 is 17.2 Å². The molecule has 2 rings (SSSR count). The van der Waals surface area contributed by atoms with Crippen LogP contribution in [-0.4, -0.2) is 7.11 Å². The lowest BCUT2D eigenvalue weighted by molar-refractivity contribution is 0.411. The van der Waals surface area contributed by atoms with Crippen LogP contribution < -0.4 is 4.74 Å². The minimum atomic E-state index is -0.352. The van der Waals surface area contributed by atoms with Gasteiger partial charge in [-0.1, -0.05) is 63.1 Å². The van der Waals surface area contributed by atoms with Gasteiger partial charge in [0.15, 0.2) is 5.82 Å². The van der Waals surface area contributed by atoms with Crippen molar-refractivity contribution in [3.05, 3.63) is 34.6 Å². The fourth-order valence-electron chi connectivity index (χ4n) is 3.37. The van der Waals surface area contributed by atoms with Gasteiger partial charge in [-0.3, -0.25) is 0 Å². The maximum Gasteiger partial charge on any atom is 0.153 e. The molecule has 128 valence electrons. The van der Waals surface area contributed by atoms with Crippen LogP contribution >= 0.6 is 11.6 Å². The number of hydrogen-bond donors (Lipinski definition) is 0. The van der Waals surface area contributed by atoms with Crippen molar-refractivity contribution in [2.24, 2.45) is 5.92 Å². The quantitative estimate of drug-likeness (QED) is 0.462. The molecule has 0 spiro atoms. The van der Waals surface area contributed by atoms with Crippen molar-refractivity contribution in [2.75, 3.05) is 7.11 Å². The van der Waals surface area contributed by atoms with Gasteiger partial charge in [0.1, 0.15) is 10.8 Å². The zero-order chi connectivity index (χ0) is 16.7. The van der Waals surface area contributed by atoms with Crippen LogP contribution in [0.3, 0.4) is 0 Å². The standard InChI is InChI=1S/C20H28ClFO/c1-3-4-5-6-7-8-15-9-11-16(12-10-15)17-13-14-18(23-2)19(21)20(17)22/h11,13-15H,3-10,12H2,1-2H3. The van der Waals surface area contributed by atoms with Gasteiger partial charge < -0.3 is 4.74 Å². The molecule has 1 nitrogen and oxygen atoms in total. The fourth-order valence-corrected chi connectivity index (χ4v) is 3.61. The second-order valence-electron chi connectivity index (χ2n) is 6.52. The number of halogens is 2. The minimum Gasteiger partial charge on any atom is -0.495 e. The van der Waals surface area contributed by atoms with E-state index >= 15 is 0 Å². The first-order valence-corrected chi connectivity index (χ1v) is 9.26. The average Bonchev–Trinajstić information content (AvgIpc) is 2.58. The molecule has 1 aromatic rings. The third-order valence-corrected chi connectivity index (χ3v) is 5.20. The lowest BCUT2D eigenvalue weighted by atomic mass is 9.83. The van der Waals surface area contributed by atoms with E-state index in [0.29, 0.717) is 11.3 Å². The van der Waals surface area contributed by atoms with Crippen LogP contribution in [-0.2, 0) is 0 Å². The molecule has 1 atom stereocenters. The van der Waals surface area contributed by atoms with E-state index in [1.54, 1.807) is 12.1 Å². The van der Waals surface area contributed by atoms with Crippen molar-refractivity contribution in [2.45, 2.75) is 64.7 Å². The van der Waals surface area contributed by atoms with E-state index in [1.807, 2.05) is 0 Å². The Bertz CT molecular complexity index is 539. The molecule has 0 fully saturated rings. The molecule has 0 heterocycles. The van der Waals surface area contributed by atoms with Crippen LogP contribution in [0.5, 0.6) is 5.75 Å². The molecule has 23 heavy (non-hydrogen) atoms. The van der Waals surface area contributed by atoms with Crippen molar-refractivity contribution in [1.82, 2.24) is 0 Å². The topological polar surface area (TPSA) is 9.23 Å². The highest BCUT2D eigenvalue weighted by Crippen LogP contribution is 2.37. The second kappa shape index (κ2) is 9.32. The third kappa shape index (κ3) is 4.97. The molecule has 0 saturated heterocycles.